The van der Waals surface area contributed by atoms with Gasteiger partial charge in [0, 0.05) is 12.1 Å². The van der Waals surface area contributed by atoms with Crippen LogP contribution in [0.5, 0.6) is 5.75 Å². The van der Waals surface area contributed by atoms with Gasteiger partial charge in [-0.25, -0.2) is 0 Å². The van der Waals surface area contributed by atoms with Crippen LogP contribution in [0.4, 0.5) is 0 Å². The predicted octanol–water partition coefficient (Wildman–Crippen LogP) is 4.15. The Morgan fingerprint density at radius 3 is 2.05 bits per heavy atom. The Bertz CT molecular complexity index is 524. The van der Waals surface area contributed by atoms with Crippen LogP contribution in [0.15, 0.2) is 54.6 Å². The zero-order valence-corrected chi connectivity index (χ0v) is 11.7. The molecule has 2 heteroatoms. The molecule has 2 rings (SSSR count). The second kappa shape index (κ2) is 5.89. The summed E-state index contributed by atoms with van der Waals surface area (Å²) in [5.41, 5.74) is 2.43. The van der Waals surface area contributed by atoms with Gasteiger partial charge in [-0.1, -0.05) is 42.5 Å². The van der Waals surface area contributed by atoms with Crippen molar-refractivity contribution in [3.63, 3.8) is 0 Å². The molecule has 0 aliphatic heterocycles. The summed E-state index contributed by atoms with van der Waals surface area (Å²) in [6, 6.07) is 18.5. The lowest BCUT2D eigenvalue weighted by Crippen LogP contribution is -2.25. The molecule has 19 heavy (non-hydrogen) atoms. The van der Waals surface area contributed by atoms with Crippen LogP contribution < -0.4 is 0 Å². The summed E-state index contributed by atoms with van der Waals surface area (Å²) in [6.07, 6.45) is 0. The first-order valence-electron chi connectivity index (χ1n) is 6.65. The van der Waals surface area contributed by atoms with Crippen LogP contribution in [0, 0.1) is 0 Å². The van der Waals surface area contributed by atoms with E-state index >= 15 is 0 Å². The fourth-order valence-electron chi connectivity index (χ4n) is 2.32. The molecule has 0 heterocycles. The third kappa shape index (κ3) is 3.15. The van der Waals surface area contributed by atoms with Crippen LogP contribution >= 0.6 is 0 Å². The SMILES string of the molecule is CC(c1ccccc1)N(C)C(C)c1cccc(O)c1. The molecule has 100 valence electrons. The van der Waals surface area contributed by atoms with Crippen molar-refractivity contribution in [1.82, 2.24) is 4.90 Å². The van der Waals surface area contributed by atoms with E-state index in [0.717, 1.165) is 5.56 Å². The van der Waals surface area contributed by atoms with Crippen LogP contribution in [0.3, 0.4) is 0 Å². The van der Waals surface area contributed by atoms with Crippen molar-refractivity contribution < 1.29 is 5.11 Å². The average Bonchev–Trinajstić information content (AvgIpc) is 2.46. The zero-order chi connectivity index (χ0) is 13.8. The van der Waals surface area contributed by atoms with E-state index in [4.69, 9.17) is 0 Å². The first kappa shape index (κ1) is 13.6. The van der Waals surface area contributed by atoms with Crippen LogP contribution in [-0.4, -0.2) is 17.1 Å². The van der Waals surface area contributed by atoms with Gasteiger partial charge in [-0.05, 0) is 44.2 Å². The Labute approximate surface area is 115 Å². The maximum Gasteiger partial charge on any atom is 0.115 e. The maximum absolute atomic E-state index is 9.58. The largest absolute Gasteiger partial charge is 0.508 e. The molecule has 2 unspecified atom stereocenters. The van der Waals surface area contributed by atoms with Gasteiger partial charge < -0.3 is 5.11 Å². The van der Waals surface area contributed by atoms with Crippen molar-refractivity contribution >= 4 is 0 Å². The van der Waals surface area contributed by atoms with Crippen molar-refractivity contribution in [2.45, 2.75) is 25.9 Å². The molecule has 0 saturated carbocycles. The van der Waals surface area contributed by atoms with Gasteiger partial charge in [0.25, 0.3) is 0 Å². The molecule has 0 spiro atoms. The lowest BCUT2D eigenvalue weighted by molar-refractivity contribution is 0.199. The molecule has 0 radical (unpaired) electrons. The fraction of sp³-hybridized carbons (Fsp3) is 0.294. The minimum atomic E-state index is 0.252. The summed E-state index contributed by atoms with van der Waals surface area (Å²) in [6.45, 7) is 4.36. The highest BCUT2D eigenvalue weighted by Gasteiger charge is 2.18. The minimum absolute atomic E-state index is 0.252. The van der Waals surface area contributed by atoms with E-state index in [1.165, 1.54) is 5.56 Å². The Hall–Kier alpha value is -1.80. The number of benzene rings is 2. The van der Waals surface area contributed by atoms with Gasteiger partial charge in [0.2, 0.25) is 0 Å². The van der Waals surface area contributed by atoms with Gasteiger partial charge in [-0.15, -0.1) is 0 Å². The zero-order valence-electron chi connectivity index (χ0n) is 11.7. The van der Waals surface area contributed by atoms with E-state index in [1.54, 1.807) is 6.07 Å². The first-order chi connectivity index (χ1) is 9.09. The molecule has 2 aromatic rings. The second-order valence-corrected chi connectivity index (χ2v) is 5.02. The third-order valence-electron chi connectivity index (χ3n) is 3.86. The molecule has 0 saturated heterocycles. The molecule has 0 aromatic heterocycles. The lowest BCUT2D eigenvalue weighted by Gasteiger charge is -2.31. The molecular weight excluding hydrogens is 234 g/mol. The Balaban J connectivity index is 2.17. The van der Waals surface area contributed by atoms with E-state index < -0.39 is 0 Å². The first-order valence-corrected chi connectivity index (χ1v) is 6.65. The van der Waals surface area contributed by atoms with Crippen LogP contribution in [0.25, 0.3) is 0 Å². The fourth-order valence-corrected chi connectivity index (χ4v) is 2.32. The summed E-state index contributed by atoms with van der Waals surface area (Å²) < 4.78 is 0. The smallest absolute Gasteiger partial charge is 0.115 e. The standard InChI is InChI=1S/C17H21NO/c1-13(15-8-5-4-6-9-15)18(3)14(2)16-10-7-11-17(19)12-16/h4-14,19H,1-3H3. The predicted molar refractivity (Wildman–Crippen MR) is 79.1 cm³/mol. The van der Waals surface area contributed by atoms with E-state index in [0.29, 0.717) is 11.8 Å². The molecule has 0 bridgehead atoms. The summed E-state index contributed by atoms with van der Waals surface area (Å²) in [5, 5.41) is 9.58. The number of aromatic hydroxyl groups is 1. The molecule has 0 amide bonds. The van der Waals surface area contributed by atoms with Gasteiger partial charge in [0.15, 0.2) is 0 Å². The summed E-state index contributed by atoms with van der Waals surface area (Å²) in [7, 11) is 2.12. The van der Waals surface area contributed by atoms with Gasteiger partial charge in [-0.2, -0.15) is 0 Å². The van der Waals surface area contributed by atoms with Crippen LogP contribution in [-0.2, 0) is 0 Å². The van der Waals surface area contributed by atoms with E-state index in [2.05, 4.69) is 56.1 Å². The molecule has 2 aromatic carbocycles. The highest BCUT2D eigenvalue weighted by atomic mass is 16.3. The quantitative estimate of drug-likeness (QED) is 0.887. The minimum Gasteiger partial charge on any atom is -0.508 e. The number of phenolic OH excluding ortho intramolecular Hbond substituents is 1. The maximum atomic E-state index is 9.58. The lowest BCUT2D eigenvalue weighted by atomic mass is 10.0. The summed E-state index contributed by atoms with van der Waals surface area (Å²) >= 11 is 0. The number of phenols is 1. The van der Waals surface area contributed by atoms with Crippen molar-refractivity contribution in [3.05, 3.63) is 65.7 Å². The van der Waals surface area contributed by atoms with E-state index in [-0.39, 0.29) is 6.04 Å². The van der Waals surface area contributed by atoms with Crippen molar-refractivity contribution in [2.24, 2.45) is 0 Å². The number of hydrogen-bond acceptors (Lipinski definition) is 2. The Morgan fingerprint density at radius 2 is 1.42 bits per heavy atom. The van der Waals surface area contributed by atoms with E-state index in [1.807, 2.05) is 18.2 Å². The topological polar surface area (TPSA) is 23.5 Å². The van der Waals surface area contributed by atoms with Gasteiger partial charge in [-0.3, -0.25) is 4.90 Å². The van der Waals surface area contributed by atoms with Crippen molar-refractivity contribution in [2.75, 3.05) is 7.05 Å². The number of hydrogen-bond donors (Lipinski definition) is 1. The highest BCUT2D eigenvalue weighted by molar-refractivity contribution is 5.29. The summed E-state index contributed by atoms with van der Waals surface area (Å²) in [4.78, 5) is 2.31. The molecule has 0 aliphatic rings. The second-order valence-electron chi connectivity index (χ2n) is 5.02. The Kier molecular flexibility index (Phi) is 4.23. The molecule has 0 aliphatic carbocycles. The van der Waals surface area contributed by atoms with E-state index in [9.17, 15) is 5.11 Å². The monoisotopic (exact) mass is 255 g/mol. The Morgan fingerprint density at radius 1 is 0.842 bits per heavy atom. The van der Waals surface area contributed by atoms with Gasteiger partial charge in [0.05, 0.1) is 0 Å². The number of nitrogens with zero attached hydrogens (tertiary/aromatic N) is 1. The summed E-state index contributed by atoms with van der Waals surface area (Å²) in [5.74, 6) is 0.324. The van der Waals surface area contributed by atoms with Gasteiger partial charge >= 0.3 is 0 Å². The van der Waals surface area contributed by atoms with Crippen LogP contribution in [0.1, 0.15) is 37.1 Å². The van der Waals surface area contributed by atoms with Crippen molar-refractivity contribution in [3.8, 4) is 5.75 Å². The van der Waals surface area contributed by atoms with Crippen molar-refractivity contribution in [1.29, 1.82) is 0 Å². The van der Waals surface area contributed by atoms with Gasteiger partial charge in [0.1, 0.15) is 5.75 Å². The molecule has 0 fully saturated rings. The number of rotatable bonds is 4. The third-order valence-corrected chi connectivity index (χ3v) is 3.86. The highest BCUT2D eigenvalue weighted by Crippen LogP contribution is 2.29. The molecular formula is C17H21NO. The van der Waals surface area contributed by atoms with Crippen LogP contribution in [0.2, 0.25) is 0 Å². The average molecular weight is 255 g/mol. The molecule has 2 nitrogen and oxygen atoms in total. The normalized spacial score (nSPS) is 14.3. The molecule has 2 atom stereocenters. The molecule has 1 N–H and O–H groups in total.